The Morgan fingerprint density at radius 2 is 2.22 bits per heavy atom. The van der Waals surface area contributed by atoms with Gasteiger partial charge in [0.2, 0.25) is 5.91 Å². The van der Waals surface area contributed by atoms with Crippen molar-refractivity contribution in [3.8, 4) is 0 Å². The van der Waals surface area contributed by atoms with Gasteiger partial charge in [-0.05, 0) is 30.7 Å². The van der Waals surface area contributed by atoms with Crippen molar-refractivity contribution in [2.24, 2.45) is 0 Å². The molecule has 2 N–H and O–H groups in total. The molecule has 1 fully saturated rings. The molecule has 1 saturated heterocycles. The predicted octanol–water partition coefficient (Wildman–Crippen LogP) is 1.04. The Morgan fingerprint density at radius 1 is 1.44 bits per heavy atom. The fourth-order valence-electron chi connectivity index (χ4n) is 1.89. The topological polar surface area (TPSA) is 75.6 Å². The van der Waals surface area contributed by atoms with Gasteiger partial charge in [-0.25, -0.2) is 4.79 Å². The number of aliphatic carboxylic acids is 1. The Balaban J connectivity index is 1.71. The van der Waals surface area contributed by atoms with Gasteiger partial charge in [0.05, 0.1) is 0 Å². The zero-order valence-corrected chi connectivity index (χ0v) is 10.6. The van der Waals surface area contributed by atoms with Crippen LogP contribution >= 0.6 is 11.3 Å². The number of nitrogens with one attached hydrogen (secondary N) is 1. The largest absolute Gasteiger partial charge is 0.479 e. The molecule has 0 spiro atoms. The van der Waals surface area contributed by atoms with Gasteiger partial charge in [0.1, 0.15) is 6.10 Å². The van der Waals surface area contributed by atoms with E-state index in [2.05, 4.69) is 5.32 Å². The summed E-state index contributed by atoms with van der Waals surface area (Å²) in [6.45, 7) is 0.553. The molecule has 1 aliphatic rings. The van der Waals surface area contributed by atoms with Gasteiger partial charge >= 0.3 is 5.97 Å². The van der Waals surface area contributed by atoms with Crippen LogP contribution in [-0.4, -0.2) is 35.7 Å². The molecule has 0 aromatic carbocycles. The molecule has 18 heavy (non-hydrogen) atoms. The minimum Gasteiger partial charge on any atom is -0.479 e. The average Bonchev–Trinajstić information content (AvgIpc) is 2.99. The van der Waals surface area contributed by atoms with Crippen LogP contribution in [0.1, 0.15) is 17.7 Å². The molecule has 0 bridgehead atoms. The Labute approximate surface area is 109 Å². The third kappa shape index (κ3) is 3.30. The van der Waals surface area contributed by atoms with Crippen LogP contribution in [0.4, 0.5) is 0 Å². The highest BCUT2D eigenvalue weighted by Gasteiger charge is 2.34. The van der Waals surface area contributed by atoms with Crippen molar-refractivity contribution in [2.45, 2.75) is 31.5 Å². The summed E-state index contributed by atoms with van der Waals surface area (Å²) in [5.41, 5.74) is 0. The standard InChI is InChI=1S/C12H15NO4S/c14-11(9-3-4-10(17-9)12(15)16)13-6-5-8-2-1-7-18-8/h1-2,7,9-10H,3-6H2,(H,13,14)(H,15,16)/t9-,10+/m0/s1. The monoisotopic (exact) mass is 269 g/mol. The second-order valence-corrected chi connectivity index (χ2v) is 5.18. The summed E-state index contributed by atoms with van der Waals surface area (Å²) in [6, 6.07) is 3.99. The van der Waals surface area contributed by atoms with Gasteiger partial charge in [0.25, 0.3) is 0 Å². The van der Waals surface area contributed by atoms with Crippen LogP contribution in [0.15, 0.2) is 17.5 Å². The molecule has 0 radical (unpaired) electrons. The van der Waals surface area contributed by atoms with Gasteiger partial charge in [-0.2, -0.15) is 0 Å². The molecule has 1 amide bonds. The van der Waals surface area contributed by atoms with Crippen molar-refractivity contribution in [1.29, 1.82) is 0 Å². The summed E-state index contributed by atoms with van der Waals surface area (Å²) >= 11 is 1.65. The van der Waals surface area contributed by atoms with E-state index in [9.17, 15) is 9.59 Å². The van der Waals surface area contributed by atoms with E-state index in [0.29, 0.717) is 19.4 Å². The first-order chi connectivity index (χ1) is 8.66. The molecule has 0 unspecified atom stereocenters. The van der Waals surface area contributed by atoms with E-state index in [-0.39, 0.29) is 5.91 Å². The van der Waals surface area contributed by atoms with Crippen LogP contribution < -0.4 is 5.32 Å². The van der Waals surface area contributed by atoms with E-state index >= 15 is 0 Å². The molecule has 0 saturated carbocycles. The molecular formula is C12H15NO4S. The van der Waals surface area contributed by atoms with Gasteiger partial charge in [-0.3, -0.25) is 4.79 Å². The van der Waals surface area contributed by atoms with E-state index in [0.717, 1.165) is 6.42 Å². The fourth-order valence-corrected chi connectivity index (χ4v) is 2.60. The van der Waals surface area contributed by atoms with Crippen molar-refractivity contribution in [3.05, 3.63) is 22.4 Å². The third-order valence-corrected chi connectivity index (χ3v) is 3.77. The van der Waals surface area contributed by atoms with Crippen molar-refractivity contribution in [2.75, 3.05) is 6.54 Å². The first-order valence-corrected chi connectivity index (χ1v) is 6.73. The maximum absolute atomic E-state index is 11.7. The summed E-state index contributed by atoms with van der Waals surface area (Å²) in [7, 11) is 0. The first kappa shape index (κ1) is 13.0. The van der Waals surface area contributed by atoms with Crippen LogP contribution in [0.2, 0.25) is 0 Å². The number of hydrogen-bond donors (Lipinski definition) is 2. The summed E-state index contributed by atoms with van der Waals surface area (Å²) in [6.07, 6.45) is 0.214. The van der Waals surface area contributed by atoms with Gasteiger partial charge < -0.3 is 15.2 Å². The lowest BCUT2D eigenvalue weighted by Gasteiger charge is -2.11. The lowest BCUT2D eigenvalue weighted by atomic mass is 10.2. The molecule has 1 aromatic heterocycles. The van der Waals surface area contributed by atoms with Crippen LogP contribution in [0, 0.1) is 0 Å². The number of ether oxygens (including phenoxy) is 1. The van der Waals surface area contributed by atoms with E-state index in [1.807, 2.05) is 17.5 Å². The average molecular weight is 269 g/mol. The molecule has 2 rings (SSSR count). The van der Waals surface area contributed by atoms with E-state index in [1.54, 1.807) is 11.3 Å². The minimum absolute atomic E-state index is 0.213. The number of carboxylic acid groups (broad SMARTS) is 1. The smallest absolute Gasteiger partial charge is 0.332 e. The summed E-state index contributed by atoms with van der Waals surface area (Å²) < 4.78 is 5.16. The zero-order valence-electron chi connectivity index (χ0n) is 9.80. The van der Waals surface area contributed by atoms with Crippen molar-refractivity contribution < 1.29 is 19.4 Å². The second kappa shape index (κ2) is 5.97. The number of carbonyl (C=O) groups is 2. The Morgan fingerprint density at radius 3 is 2.83 bits per heavy atom. The van der Waals surface area contributed by atoms with Crippen molar-refractivity contribution in [3.63, 3.8) is 0 Å². The number of rotatable bonds is 5. The summed E-state index contributed by atoms with van der Waals surface area (Å²) in [5, 5.41) is 13.5. The van der Waals surface area contributed by atoms with Gasteiger partial charge in [0, 0.05) is 11.4 Å². The molecule has 6 heteroatoms. The number of carbonyl (C=O) groups excluding carboxylic acids is 1. The van der Waals surface area contributed by atoms with Crippen LogP contribution in [0.3, 0.4) is 0 Å². The lowest BCUT2D eigenvalue weighted by molar-refractivity contribution is -0.151. The Hall–Kier alpha value is -1.40. The highest BCUT2D eigenvalue weighted by Crippen LogP contribution is 2.19. The normalized spacial score (nSPS) is 22.9. The van der Waals surface area contributed by atoms with E-state index in [4.69, 9.17) is 9.84 Å². The van der Waals surface area contributed by atoms with Crippen molar-refractivity contribution >= 4 is 23.2 Å². The first-order valence-electron chi connectivity index (χ1n) is 5.85. The number of hydrogen-bond acceptors (Lipinski definition) is 4. The van der Waals surface area contributed by atoms with Gasteiger partial charge in [-0.1, -0.05) is 6.07 Å². The van der Waals surface area contributed by atoms with Crippen LogP contribution in [0.25, 0.3) is 0 Å². The highest BCUT2D eigenvalue weighted by molar-refractivity contribution is 7.09. The van der Waals surface area contributed by atoms with E-state index < -0.39 is 18.2 Å². The van der Waals surface area contributed by atoms with E-state index in [1.165, 1.54) is 4.88 Å². The van der Waals surface area contributed by atoms with Crippen molar-refractivity contribution in [1.82, 2.24) is 5.32 Å². The van der Waals surface area contributed by atoms with Gasteiger partial charge in [0.15, 0.2) is 6.10 Å². The quantitative estimate of drug-likeness (QED) is 0.837. The predicted molar refractivity (Wildman–Crippen MR) is 66.6 cm³/mol. The van der Waals surface area contributed by atoms with Crippen LogP contribution in [0.5, 0.6) is 0 Å². The van der Waals surface area contributed by atoms with Crippen LogP contribution in [-0.2, 0) is 20.7 Å². The second-order valence-electron chi connectivity index (χ2n) is 4.15. The number of amides is 1. The maximum Gasteiger partial charge on any atom is 0.332 e. The molecule has 2 heterocycles. The zero-order chi connectivity index (χ0) is 13.0. The Bertz CT molecular complexity index is 418. The Kier molecular flexibility index (Phi) is 4.33. The SMILES string of the molecule is O=C(NCCc1cccs1)[C@@H]1CC[C@H](C(=O)O)O1. The molecule has 1 aliphatic heterocycles. The highest BCUT2D eigenvalue weighted by atomic mass is 32.1. The minimum atomic E-state index is -0.996. The molecule has 5 nitrogen and oxygen atoms in total. The fraction of sp³-hybridized carbons (Fsp3) is 0.500. The molecule has 0 aliphatic carbocycles. The number of carboxylic acids is 1. The molecular weight excluding hydrogens is 254 g/mol. The number of thiophene rings is 1. The lowest BCUT2D eigenvalue weighted by Crippen LogP contribution is -2.36. The molecule has 98 valence electrons. The summed E-state index contributed by atoms with van der Waals surface area (Å²) in [4.78, 5) is 23.6. The van der Waals surface area contributed by atoms with Gasteiger partial charge in [-0.15, -0.1) is 11.3 Å². The molecule has 2 atom stereocenters. The third-order valence-electron chi connectivity index (χ3n) is 2.84. The summed E-state index contributed by atoms with van der Waals surface area (Å²) in [5.74, 6) is -1.21. The maximum atomic E-state index is 11.7. The molecule has 1 aromatic rings.